The lowest BCUT2D eigenvalue weighted by Crippen LogP contribution is -2.47. The second-order valence-electron chi connectivity index (χ2n) is 6.38. The zero-order valence-corrected chi connectivity index (χ0v) is 14.7. The van der Waals surface area contributed by atoms with Gasteiger partial charge < -0.3 is 14.9 Å². The maximum absolute atomic E-state index is 12.3. The fourth-order valence-corrected chi connectivity index (χ4v) is 2.81. The molecular formula is C16H20N4O7. The van der Waals surface area contributed by atoms with E-state index < -0.39 is 34.8 Å². The van der Waals surface area contributed by atoms with Crippen LogP contribution < -0.4 is 5.56 Å². The predicted octanol–water partition coefficient (Wildman–Crippen LogP) is -0.462. The van der Waals surface area contributed by atoms with Gasteiger partial charge >= 0.3 is 5.97 Å². The zero-order valence-electron chi connectivity index (χ0n) is 14.7. The molecule has 1 aromatic rings. The highest BCUT2D eigenvalue weighted by Gasteiger charge is 2.29. The quantitative estimate of drug-likeness (QED) is 0.519. The third kappa shape index (κ3) is 5.12. The predicted molar refractivity (Wildman–Crippen MR) is 91.9 cm³/mol. The first-order valence-corrected chi connectivity index (χ1v) is 8.28. The minimum absolute atomic E-state index is 0.0978. The van der Waals surface area contributed by atoms with Crippen LogP contribution in [-0.4, -0.2) is 68.9 Å². The summed E-state index contributed by atoms with van der Waals surface area (Å²) in [5, 5.41) is 19.9. The van der Waals surface area contributed by atoms with Crippen LogP contribution in [0.3, 0.4) is 0 Å². The molecule has 1 N–H and O–H groups in total. The first-order valence-electron chi connectivity index (χ1n) is 8.28. The molecule has 0 spiro atoms. The molecule has 1 saturated heterocycles. The number of carbonyl (C=O) groups is 3. The minimum Gasteiger partial charge on any atom is -0.481 e. The average Bonchev–Trinajstić information content (AvgIpc) is 2.63. The van der Waals surface area contributed by atoms with E-state index in [0.717, 1.165) is 27.8 Å². The number of pyridine rings is 1. The summed E-state index contributed by atoms with van der Waals surface area (Å²) in [4.78, 5) is 60.1. The molecule has 0 radical (unpaired) electrons. The van der Waals surface area contributed by atoms with E-state index in [9.17, 15) is 29.3 Å². The van der Waals surface area contributed by atoms with Gasteiger partial charge in [-0.1, -0.05) is 0 Å². The summed E-state index contributed by atoms with van der Waals surface area (Å²) in [7, 11) is 1.38. The second kappa shape index (κ2) is 8.43. The highest BCUT2D eigenvalue weighted by atomic mass is 16.6. The molecule has 1 atom stereocenters. The van der Waals surface area contributed by atoms with Crippen LogP contribution in [0.25, 0.3) is 0 Å². The number of carbonyl (C=O) groups excluding carboxylic acids is 2. The van der Waals surface area contributed by atoms with Gasteiger partial charge in [-0.15, -0.1) is 0 Å². The van der Waals surface area contributed by atoms with Crippen molar-refractivity contribution in [3.63, 3.8) is 0 Å². The van der Waals surface area contributed by atoms with Gasteiger partial charge in [-0.25, -0.2) is 0 Å². The summed E-state index contributed by atoms with van der Waals surface area (Å²) in [5.41, 5.74) is -0.900. The summed E-state index contributed by atoms with van der Waals surface area (Å²) in [5.74, 6) is -2.53. The topological polar surface area (TPSA) is 143 Å². The van der Waals surface area contributed by atoms with Gasteiger partial charge in [0.15, 0.2) is 0 Å². The number of likely N-dealkylation sites (N-methyl/N-ethyl adjacent to an activating group) is 1. The normalized spacial score (nSPS) is 16.6. The maximum Gasteiger partial charge on any atom is 0.308 e. The van der Waals surface area contributed by atoms with E-state index in [1.165, 1.54) is 11.9 Å². The van der Waals surface area contributed by atoms with Gasteiger partial charge in [0.25, 0.3) is 11.2 Å². The molecule has 1 fully saturated rings. The number of likely N-dealkylation sites (tertiary alicyclic amines) is 1. The van der Waals surface area contributed by atoms with Crippen LogP contribution in [0.5, 0.6) is 0 Å². The van der Waals surface area contributed by atoms with Crippen molar-refractivity contribution in [2.45, 2.75) is 19.4 Å². The molecular weight excluding hydrogens is 360 g/mol. The molecule has 1 aromatic heterocycles. The molecule has 2 rings (SSSR count). The van der Waals surface area contributed by atoms with Gasteiger partial charge in [-0.2, -0.15) is 0 Å². The van der Waals surface area contributed by atoms with E-state index in [-0.39, 0.29) is 24.7 Å². The van der Waals surface area contributed by atoms with E-state index in [1.54, 1.807) is 0 Å². The number of aromatic nitrogens is 1. The van der Waals surface area contributed by atoms with Crippen LogP contribution in [-0.2, 0) is 20.9 Å². The molecule has 1 aliphatic heterocycles. The lowest BCUT2D eigenvalue weighted by Gasteiger charge is -2.32. The Morgan fingerprint density at radius 1 is 1.37 bits per heavy atom. The molecule has 146 valence electrons. The first kappa shape index (κ1) is 20.1. The first-order chi connectivity index (χ1) is 12.7. The van der Waals surface area contributed by atoms with Crippen LogP contribution in [0.15, 0.2) is 23.1 Å². The number of piperidine rings is 1. The van der Waals surface area contributed by atoms with Crippen molar-refractivity contribution < 1.29 is 24.4 Å². The van der Waals surface area contributed by atoms with Crippen molar-refractivity contribution in [1.82, 2.24) is 14.4 Å². The number of carboxylic acids is 1. The number of hydrogen-bond acceptors (Lipinski definition) is 6. The molecule has 11 nitrogen and oxygen atoms in total. The Morgan fingerprint density at radius 2 is 2.07 bits per heavy atom. The van der Waals surface area contributed by atoms with Crippen molar-refractivity contribution in [3.05, 3.63) is 38.8 Å². The van der Waals surface area contributed by atoms with E-state index in [1.807, 2.05) is 0 Å². The molecule has 1 aliphatic rings. The fraction of sp³-hybridized carbons (Fsp3) is 0.500. The van der Waals surface area contributed by atoms with Crippen LogP contribution in [0, 0.1) is 16.0 Å². The molecule has 0 saturated carbocycles. The number of rotatable bonds is 6. The molecule has 1 unspecified atom stereocenters. The number of carboxylic acid groups (broad SMARTS) is 1. The highest BCUT2D eigenvalue weighted by molar-refractivity contribution is 5.85. The lowest BCUT2D eigenvalue weighted by atomic mass is 9.98. The highest BCUT2D eigenvalue weighted by Crippen LogP contribution is 2.16. The summed E-state index contributed by atoms with van der Waals surface area (Å²) in [6, 6.07) is 2.04. The van der Waals surface area contributed by atoms with Gasteiger partial charge in [0.05, 0.1) is 23.6 Å². The number of amides is 2. The Bertz CT molecular complexity index is 819. The summed E-state index contributed by atoms with van der Waals surface area (Å²) < 4.78 is 0.906. The molecule has 0 aromatic carbocycles. The van der Waals surface area contributed by atoms with E-state index >= 15 is 0 Å². The zero-order chi connectivity index (χ0) is 20.1. The lowest BCUT2D eigenvalue weighted by molar-refractivity contribution is -0.385. The van der Waals surface area contributed by atoms with Gasteiger partial charge in [0.1, 0.15) is 6.54 Å². The van der Waals surface area contributed by atoms with E-state index in [2.05, 4.69) is 0 Å². The molecule has 11 heteroatoms. The number of hydrogen-bond donors (Lipinski definition) is 1. The summed E-state index contributed by atoms with van der Waals surface area (Å²) in [6.45, 7) is -0.188. The summed E-state index contributed by atoms with van der Waals surface area (Å²) in [6.07, 6.45) is 2.05. The number of nitro groups is 1. The molecule has 27 heavy (non-hydrogen) atoms. The molecule has 0 aliphatic carbocycles. The Hall–Kier alpha value is -3.24. The maximum atomic E-state index is 12.3. The van der Waals surface area contributed by atoms with Crippen molar-refractivity contribution in [1.29, 1.82) is 0 Å². The van der Waals surface area contributed by atoms with Crippen molar-refractivity contribution in [3.8, 4) is 0 Å². The molecule has 0 bridgehead atoms. The molecule has 2 heterocycles. The fourth-order valence-electron chi connectivity index (χ4n) is 2.81. The van der Waals surface area contributed by atoms with Crippen LogP contribution in [0.4, 0.5) is 5.69 Å². The van der Waals surface area contributed by atoms with Gasteiger partial charge in [0.2, 0.25) is 11.8 Å². The van der Waals surface area contributed by atoms with Gasteiger partial charge in [-0.3, -0.25) is 33.9 Å². The van der Waals surface area contributed by atoms with Crippen LogP contribution >= 0.6 is 0 Å². The standard InChI is InChI=1S/C16H20N4O7/c1-17(9-15(23)18-6-2-3-11(7-18)16(24)25)14(22)10-19-8-12(20(26)27)4-5-13(19)21/h4-5,8,11H,2-3,6-7,9-10H2,1H3,(H,24,25). The Morgan fingerprint density at radius 3 is 2.70 bits per heavy atom. The van der Waals surface area contributed by atoms with Crippen LogP contribution in [0.2, 0.25) is 0 Å². The monoisotopic (exact) mass is 380 g/mol. The Labute approximate surface area is 153 Å². The van der Waals surface area contributed by atoms with Crippen molar-refractivity contribution in [2.24, 2.45) is 5.92 Å². The van der Waals surface area contributed by atoms with Gasteiger partial charge in [-0.05, 0) is 12.8 Å². The average molecular weight is 380 g/mol. The van der Waals surface area contributed by atoms with E-state index in [0.29, 0.717) is 19.4 Å². The summed E-state index contributed by atoms with van der Waals surface area (Å²) >= 11 is 0. The van der Waals surface area contributed by atoms with Crippen molar-refractivity contribution >= 4 is 23.5 Å². The third-order valence-corrected chi connectivity index (χ3v) is 4.41. The SMILES string of the molecule is CN(CC(=O)N1CCCC(C(=O)O)C1)C(=O)Cn1cc([N+](=O)[O-])ccc1=O. The Balaban J connectivity index is 1.98. The largest absolute Gasteiger partial charge is 0.481 e. The smallest absolute Gasteiger partial charge is 0.308 e. The second-order valence-corrected chi connectivity index (χ2v) is 6.38. The van der Waals surface area contributed by atoms with E-state index in [4.69, 9.17) is 5.11 Å². The minimum atomic E-state index is -0.957. The van der Waals surface area contributed by atoms with Crippen LogP contribution in [0.1, 0.15) is 12.8 Å². The van der Waals surface area contributed by atoms with Gasteiger partial charge in [0, 0.05) is 32.3 Å². The van der Waals surface area contributed by atoms with Crippen molar-refractivity contribution in [2.75, 3.05) is 26.7 Å². The Kier molecular flexibility index (Phi) is 6.27. The molecule has 2 amide bonds. The number of nitrogens with zero attached hydrogens (tertiary/aromatic N) is 4. The third-order valence-electron chi connectivity index (χ3n) is 4.41. The number of aliphatic carboxylic acids is 1.